The minimum atomic E-state index is -0.0576. The maximum absolute atomic E-state index is 12.9. The van der Waals surface area contributed by atoms with Gasteiger partial charge in [-0.1, -0.05) is 33.6 Å². The third-order valence-electron chi connectivity index (χ3n) is 4.77. The summed E-state index contributed by atoms with van der Waals surface area (Å²) in [6, 6.07) is 0.173. The first-order valence-corrected chi connectivity index (χ1v) is 7.49. The lowest BCUT2D eigenvalue weighted by Crippen LogP contribution is -2.43. The fourth-order valence-corrected chi connectivity index (χ4v) is 3.83. The Bertz CT molecular complexity index is 298. The van der Waals surface area contributed by atoms with Crippen molar-refractivity contribution in [1.29, 1.82) is 0 Å². The van der Waals surface area contributed by atoms with E-state index in [1.807, 2.05) is 4.90 Å². The normalized spacial score (nSPS) is 31.3. The molecule has 2 N–H and O–H groups in total. The largest absolute Gasteiger partial charge is 0.340 e. The highest BCUT2D eigenvalue weighted by Crippen LogP contribution is 2.45. The summed E-state index contributed by atoms with van der Waals surface area (Å²) in [6.07, 6.45) is 5.65. The fourth-order valence-electron chi connectivity index (χ4n) is 3.83. The van der Waals surface area contributed by atoms with Gasteiger partial charge in [-0.15, -0.1) is 0 Å². The molecule has 3 nitrogen and oxygen atoms in total. The van der Waals surface area contributed by atoms with Crippen molar-refractivity contribution in [1.82, 2.24) is 4.90 Å². The maximum atomic E-state index is 12.9. The van der Waals surface area contributed by atoms with Crippen molar-refractivity contribution in [2.24, 2.45) is 23.0 Å². The Morgan fingerprint density at radius 2 is 1.94 bits per heavy atom. The second-order valence-corrected chi connectivity index (χ2v) is 6.94. The number of carbonyl (C=O) groups is 1. The Labute approximate surface area is 111 Å². The van der Waals surface area contributed by atoms with E-state index in [0.717, 1.165) is 32.4 Å². The molecule has 0 aromatic heterocycles. The number of nitrogens with two attached hydrogens (primary N) is 1. The highest BCUT2D eigenvalue weighted by molar-refractivity contribution is 5.83. The van der Waals surface area contributed by atoms with E-state index in [4.69, 9.17) is 5.73 Å². The van der Waals surface area contributed by atoms with Gasteiger partial charge in [-0.3, -0.25) is 4.79 Å². The van der Waals surface area contributed by atoms with Crippen LogP contribution in [0.15, 0.2) is 0 Å². The summed E-state index contributed by atoms with van der Waals surface area (Å²) in [5.41, 5.74) is 6.00. The van der Waals surface area contributed by atoms with Crippen molar-refractivity contribution in [3.8, 4) is 0 Å². The van der Waals surface area contributed by atoms with Gasteiger partial charge in [0.15, 0.2) is 0 Å². The lowest BCUT2D eigenvalue weighted by molar-refractivity contribution is -0.142. The van der Waals surface area contributed by atoms with Gasteiger partial charge in [0.2, 0.25) is 5.91 Å². The van der Waals surface area contributed by atoms with E-state index in [1.165, 1.54) is 12.8 Å². The quantitative estimate of drug-likeness (QED) is 0.838. The lowest BCUT2D eigenvalue weighted by Gasteiger charge is -2.33. The molecule has 3 heteroatoms. The molecular weight excluding hydrogens is 224 g/mol. The molecule has 0 aromatic rings. The standard InChI is InChI=1S/C15H28N2O/c1-11(2)8-15(6-4-5-7-15)14(18)17-9-12(3)13(16)10-17/h11-13H,4-10,16H2,1-3H3. The van der Waals surface area contributed by atoms with Crippen LogP contribution in [0.3, 0.4) is 0 Å². The number of likely N-dealkylation sites (tertiary alicyclic amines) is 1. The first-order valence-electron chi connectivity index (χ1n) is 7.49. The molecule has 1 saturated carbocycles. The summed E-state index contributed by atoms with van der Waals surface area (Å²) >= 11 is 0. The van der Waals surface area contributed by atoms with E-state index in [-0.39, 0.29) is 11.5 Å². The zero-order chi connectivity index (χ0) is 13.3. The molecular formula is C15H28N2O. The Morgan fingerprint density at radius 3 is 2.39 bits per heavy atom. The molecule has 2 fully saturated rings. The van der Waals surface area contributed by atoms with E-state index in [9.17, 15) is 4.79 Å². The van der Waals surface area contributed by atoms with Crippen LogP contribution in [0.4, 0.5) is 0 Å². The molecule has 2 unspecified atom stereocenters. The molecule has 0 aromatic carbocycles. The Hall–Kier alpha value is -0.570. The predicted octanol–water partition coefficient (Wildman–Crippen LogP) is 2.40. The molecule has 1 aliphatic heterocycles. The number of amides is 1. The van der Waals surface area contributed by atoms with Gasteiger partial charge in [0, 0.05) is 24.5 Å². The van der Waals surface area contributed by atoms with Crippen LogP contribution >= 0.6 is 0 Å². The SMILES string of the molecule is CC(C)CC1(C(=O)N2CC(C)C(N)C2)CCCC1. The summed E-state index contributed by atoms with van der Waals surface area (Å²) < 4.78 is 0. The molecule has 1 aliphatic carbocycles. The van der Waals surface area contributed by atoms with Crippen molar-refractivity contribution < 1.29 is 4.79 Å². The van der Waals surface area contributed by atoms with Crippen molar-refractivity contribution in [2.75, 3.05) is 13.1 Å². The summed E-state index contributed by atoms with van der Waals surface area (Å²) in [4.78, 5) is 14.9. The van der Waals surface area contributed by atoms with Gasteiger partial charge in [-0.05, 0) is 31.1 Å². The molecule has 0 bridgehead atoms. The summed E-state index contributed by atoms with van der Waals surface area (Å²) in [6.45, 7) is 8.23. The molecule has 1 heterocycles. The average molecular weight is 252 g/mol. The first-order chi connectivity index (χ1) is 8.44. The van der Waals surface area contributed by atoms with E-state index < -0.39 is 0 Å². The Balaban J connectivity index is 2.09. The molecule has 1 saturated heterocycles. The van der Waals surface area contributed by atoms with Gasteiger partial charge in [0.25, 0.3) is 0 Å². The van der Waals surface area contributed by atoms with Gasteiger partial charge in [0.05, 0.1) is 0 Å². The van der Waals surface area contributed by atoms with Crippen LogP contribution in [0, 0.1) is 17.3 Å². The van der Waals surface area contributed by atoms with Crippen LogP contribution < -0.4 is 5.73 Å². The van der Waals surface area contributed by atoms with E-state index in [2.05, 4.69) is 20.8 Å². The van der Waals surface area contributed by atoms with E-state index >= 15 is 0 Å². The van der Waals surface area contributed by atoms with Gasteiger partial charge in [-0.2, -0.15) is 0 Å². The molecule has 1 amide bonds. The summed E-state index contributed by atoms with van der Waals surface area (Å²) in [5, 5.41) is 0. The van der Waals surface area contributed by atoms with Crippen LogP contribution in [-0.2, 0) is 4.79 Å². The van der Waals surface area contributed by atoms with Gasteiger partial charge in [0.1, 0.15) is 0 Å². The highest BCUT2D eigenvalue weighted by Gasteiger charge is 2.45. The number of rotatable bonds is 3. The molecule has 18 heavy (non-hydrogen) atoms. The number of carbonyl (C=O) groups excluding carboxylic acids is 1. The third-order valence-corrected chi connectivity index (χ3v) is 4.77. The number of hydrogen-bond donors (Lipinski definition) is 1. The minimum Gasteiger partial charge on any atom is -0.340 e. The van der Waals surface area contributed by atoms with E-state index in [1.54, 1.807) is 0 Å². The summed E-state index contributed by atoms with van der Waals surface area (Å²) in [5.74, 6) is 1.45. The van der Waals surface area contributed by atoms with Crippen LogP contribution in [0.5, 0.6) is 0 Å². The third kappa shape index (κ3) is 2.56. The maximum Gasteiger partial charge on any atom is 0.228 e. The van der Waals surface area contributed by atoms with Crippen molar-refractivity contribution in [3.63, 3.8) is 0 Å². The second kappa shape index (κ2) is 5.20. The van der Waals surface area contributed by atoms with Crippen LogP contribution in [0.25, 0.3) is 0 Å². The van der Waals surface area contributed by atoms with Crippen LogP contribution in [0.1, 0.15) is 52.9 Å². The van der Waals surface area contributed by atoms with Crippen molar-refractivity contribution in [2.45, 2.75) is 58.9 Å². The Morgan fingerprint density at radius 1 is 1.33 bits per heavy atom. The average Bonchev–Trinajstić information content (AvgIpc) is 2.86. The molecule has 0 radical (unpaired) electrons. The number of nitrogens with zero attached hydrogens (tertiary/aromatic N) is 1. The highest BCUT2D eigenvalue weighted by atomic mass is 16.2. The zero-order valence-electron chi connectivity index (χ0n) is 12.1. The zero-order valence-corrected chi connectivity index (χ0v) is 12.1. The van der Waals surface area contributed by atoms with Crippen LogP contribution in [-0.4, -0.2) is 29.9 Å². The number of hydrogen-bond acceptors (Lipinski definition) is 2. The van der Waals surface area contributed by atoms with Gasteiger partial charge in [-0.25, -0.2) is 0 Å². The molecule has 2 atom stereocenters. The molecule has 0 spiro atoms. The van der Waals surface area contributed by atoms with Crippen LogP contribution in [0.2, 0.25) is 0 Å². The molecule has 104 valence electrons. The summed E-state index contributed by atoms with van der Waals surface area (Å²) in [7, 11) is 0. The van der Waals surface area contributed by atoms with E-state index in [0.29, 0.717) is 17.7 Å². The smallest absolute Gasteiger partial charge is 0.228 e. The monoisotopic (exact) mass is 252 g/mol. The lowest BCUT2D eigenvalue weighted by atomic mass is 9.77. The predicted molar refractivity (Wildman–Crippen MR) is 74.1 cm³/mol. The van der Waals surface area contributed by atoms with Crippen molar-refractivity contribution in [3.05, 3.63) is 0 Å². The first kappa shape index (κ1) is 13.9. The van der Waals surface area contributed by atoms with Crippen molar-refractivity contribution >= 4 is 5.91 Å². The topological polar surface area (TPSA) is 46.3 Å². The molecule has 2 rings (SSSR count). The fraction of sp³-hybridized carbons (Fsp3) is 0.933. The second-order valence-electron chi connectivity index (χ2n) is 6.94. The minimum absolute atomic E-state index is 0.0576. The Kier molecular flexibility index (Phi) is 4.00. The molecule has 2 aliphatic rings. The van der Waals surface area contributed by atoms with Gasteiger partial charge >= 0.3 is 0 Å². The van der Waals surface area contributed by atoms with Gasteiger partial charge < -0.3 is 10.6 Å².